The molecule has 0 radical (unpaired) electrons. The molecule has 12 nitrogen and oxygen atoms in total. The molecule has 1 saturated carbocycles. The molecule has 0 bridgehead atoms. The number of nitrogens with zero attached hydrogens (tertiary/aromatic N) is 7. The van der Waals surface area contributed by atoms with Crippen LogP contribution in [0.25, 0.3) is 11.3 Å². The molecular weight excluding hydrogens is 438 g/mol. The van der Waals surface area contributed by atoms with Gasteiger partial charge in [0.2, 0.25) is 17.8 Å². The lowest BCUT2D eigenvalue weighted by Gasteiger charge is -2.42. The molecule has 0 atom stereocenters. The van der Waals surface area contributed by atoms with Crippen molar-refractivity contribution in [3.63, 3.8) is 0 Å². The number of morpholine rings is 1. The zero-order valence-electron chi connectivity index (χ0n) is 19.6. The number of carbonyl (C=O) groups is 1. The highest BCUT2D eigenvalue weighted by Gasteiger charge is 2.37. The van der Waals surface area contributed by atoms with Gasteiger partial charge >= 0.3 is 6.03 Å². The van der Waals surface area contributed by atoms with Gasteiger partial charge in [0.25, 0.3) is 0 Å². The molecular formula is C22H31N9O3. The Bertz CT molecular complexity index is 1000. The quantitative estimate of drug-likeness (QED) is 0.605. The Kier molecular flexibility index (Phi) is 6.33. The van der Waals surface area contributed by atoms with E-state index in [1.165, 1.54) is 0 Å². The molecule has 3 aliphatic rings. The number of nitrogens with one attached hydrogen (secondary N) is 1. The van der Waals surface area contributed by atoms with E-state index in [9.17, 15) is 4.79 Å². The first kappa shape index (κ1) is 22.5. The number of amides is 2. The Morgan fingerprint density at radius 1 is 1.21 bits per heavy atom. The molecule has 12 heteroatoms. The van der Waals surface area contributed by atoms with Crippen LogP contribution in [0.4, 0.5) is 16.7 Å². The fraction of sp³-hybridized carbons (Fsp3) is 0.591. The molecule has 34 heavy (non-hydrogen) atoms. The third kappa shape index (κ3) is 4.97. The number of ether oxygens (including phenoxy) is 2. The zero-order chi connectivity index (χ0) is 23.7. The minimum absolute atomic E-state index is 0.0157. The van der Waals surface area contributed by atoms with Crippen molar-refractivity contribution < 1.29 is 14.3 Å². The minimum Gasteiger partial charge on any atom is -0.474 e. The van der Waals surface area contributed by atoms with Crippen LogP contribution in [0.2, 0.25) is 0 Å². The molecule has 2 aromatic rings. The van der Waals surface area contributed by atoms with E-state index < -0.39 is 0 Å². The number of rotatable bonds is 6. The maximum atomic E-state index is 12.5. The predicted octanol–water partition coefficient (Wildman–Crippen LogP) is 0.218. The third-order valence-corrected chi connectivity index (χ3v) is 6.57. The standard InChI is InChI=1S/C22H31N9O3/c1-29-12-15(13-29)26-22(32)30(2)16-7-17(8-16)34-19-9-18(14-10-24-20(23)25-11-14)27-21(28-19)31-3-5-33-6-4-31/h9-11,15-17H,3-8,12-13H2,1-2H3,(H,26,32)(H2,23,24,25). The van der Waals surface area contributed by atoms with Crippen LogP contribution in [0, 0.1) is 0 Å². The molecule has 2 saturated heterocycles. The summed E-state index contributed by atoms with van der Waals surface area (Å²) < 4.78 is 11.7. The summed E-state index contributed by atoms with van der Waals surface area (Å²) in [5.74, 6) is 1.29. The fourth-order valence-electron chi connectivity index (χ4n) is 4.35. The average Bonchev–Trinajstić information content (AvgIpc) is 2.80. The predicted molar refractivity (Wildman–Crippen MR) is 126 cm³/mol. The Morgan fingerprint density at radius 3 is 2.59 bits per heavy atom. The number of urea groups is 1. The highest BCUT2D eigenvalue weighted by atomic mass is 16.5. The number of hydrogen-bond donors (Lipinski definition) is 2. The SMILES string of the molecule is CN1CC(NC(=O)N(C)C2CC(Oc3cc(-c4cnc(N)nc4)nc(N4CCOCC4)n3)C2)C1. The Hall–Kier alpha value is -3.25. The molecule has 2 amide bonds. The van der Waals surface area contributed by atoms with Crippen LogP contribution >= 0.6 is 0 Å². The lowest BCUT2D eigenvalue weighted by molar-refractivity contribution is 0.0382. The van der Waals surface area contributed by atoms with Gasteiger partial charge in [-0.25, -0.2) is 19.7 Å². The largest absolute Gasteiger partial charge is 0.474 e. The van der Waals surface area contributed by atoms with Gasteiger partial charge in [0, 0.05) is 76.1 Å². The first-order valence-corrected chi connectivity index (χ1v) is 11.6. The van der Waals surface area contributed by atoms with Crippen LogP contribution in [0.3, 0.4) is 0 Å². The molecule has 0 aromatic carbocycles. The third-order valence-electron chi connectivity index (χ3n) is 6.57. The van der Waals surface area contributed by atoms with Crippen LogP contribution < -0.4 is 20.7 Å². The van der Waals surface area contributed by atoms with E-state index in [4.69, 9.17) is 20.2 Å². The smallest absolute Gasteiger partial charge is 0.317 e. The van der Waals surface area contributed by atoms with E-state index in [2.05, 4.69) is 30.1 Å². The number of carbonyl (C=O) groups excluding carboxylic acids is 1. The van der Waals surface area contributed by atoms with Gasteiger partial charge in [-0.15, -0.1) is 0 Å². The molecule has 4 heterocycles. The van der Waals surface area contributed by atoms with Crippen molar-refractivity contribution in [2.24, 2.45) is 0 Å². The van der Waals surface area contributed by atoms with Crippen LogP contribution in [-0.2, 0) is 4.74 Å². The van der Waals surface area contributed by atoms with Crippen molar-refractivity contribution in [2.75, 3.05) is 64.1 Å². The molecule has 2 aliphatic heterocycles. The van der Waals surface area contributed by atoms with E-state index in [1.54, 1.807) is 23.4 Å². The number of nitrogen functional groups attached to an aromatic ring is 1. The van der Waals surface area contributed by atoms with Crippen LogP contribution in [0.15, 0.2) is 18.5 Å². The second-order valence-electron chi connectivity index (χ2n) is 9.16. The Balaban J connectivity index is 1.24. The lowest BCUT2D eigenvalue weighted by Crippen LogP contribution is -2.61. The van der Waals surface area contributed by atoms with E-state index in [0.29, 0.717) is 43.8 Å². The van der Waals surface area contributed by atoms with Gasteiger partial charge in [0.15, 0.2) is 0 Å². The number of nitrogens with two attached hydrogens (primary N) is 1. The second-order valence-corrected chi connectivity index (χ2v) is 9.16. The Morgan fingerprint density at radius 2 is 1.91 bits per heavy atom. The summed E-state index contributed by atoms with van der Waals surface area (Å²) in [5.41, 5.74) is 7.05. The lowest BCUT2D eigenvalue weighted by atomic mass is 9.88. The monoisotopic (exact) mass is 469 g/mol. The van der Waals surface area contributed by atoms with Gasteiger partial charge in [0.05, 0.1) is 24.9 Å². The normalized spacial score (nSPS) is 23.1. The number of likely N-dealkylation sites (N-methyl/N-ethyl adjacent to an activating group) is 1. The van der Waals surface area contributed by atoms with E-state index in [0.717, 1.165) is 31.5 Å². The van der Waals surface area contributed by atoms with Gasteiger partial charge < -0.3 is 35.2 Å². The van der Waals surface area contributed by atoms with E-state index in [1.807, 2.05) is 14.1 Å². The summed E-state index contributed by atoms with van der Waals surface area (Å²) in [5, 5.41) is 3.08. The maximum absolute atomic E-state index is 12.5. The zero-order valence-corrected chi connectivity index (χ0v) is 19.6. The second kappa shape index (κ2) is 9.55. The minimum atomic E-state index is -0.0242. The summed E-state index contributed by atoms with van der Waals surface area (Å²) in [4.78, 5) is 36.1. The van der Waals surface area contributed by atoms with Crippen LogP contribution in [0.1, 0.15) is 12.8 Å². The van der Waals surface area contributed by atoms with Crippen molar-refractivity contribution >= 4 is 17.9 Å². The summed E-state index contributed by atoms with van der Waals surface area (Å²) >= 11 is 0. The topological polar surface area (TPSA) is 135 Å². The van der Waals surface area contributed by atoms with Gasteiger partial charge in [-0.1, -0.05) is 0 Å². The van der Waals surface area contributed by atoms with Gasteiger partial charge in [-0.05, 0) is 7.05 Å². The first-order chi connectivity index (χ1) is 16.4. The van der Waals surface area contributed by atoms with Crippen molar-refractivity contribution in [1.29, 1.82) is 0 Å². The van der Waals surface area contributed by atoms with Crippen molar-refractivity contribution in [2.45, 2.75) is 31.0 Å². The molecule has 5 rings (SSSR count). The number of anilines is 2. The summed E-state index contributed by atoms with van der Waals surface area (Å²) in [6, 6.07) is 2.16. The molecule has 3 N–H and O–H groups in total. The maximum Gasteiger partial charge on any atom is 0.317 e. The highest BCUT2D eigenvalue weighted by molar-refractivity contribution is 5.75. The molecule has 1 aliphatic carbocycles. The summed E-state index contributed by atoms with van der Waals surface area (Å²) in [7, 11) is 3.89. The summed E-state index contributed by atoms with van der Waals surface area (Å²) in [6.45, 7) is 4.48. The van der Waals surface area contributed by atoms with Gasteiger partial charge in [-0.2, -0.15) is 4.98 Å². The molecule has 182 valence electrons. The Labute approximate surface area is 198 Å². The van der Waals surface area contributed by atoms with Crippen molar-refractivity contribution in [1.82, 2.24) is 35.1 Å². The van der Waals surface area contributed by atoms with E-state index >= 15 is 0 Å². The van der Waals surface area contributed by atoms with E-state index in [-0.39, 0.29) is 30.2 Å². The van der Waals surface area contributed by atoms with Crippen LogP contribution in [0.5, 0.6) is 5.88 Å². The van der Waals surface area contributed by atoms with Gasteiger partial charge in [-0.3, -0.25) is 0 Å². The molecule has 3 fully saturated rings. The number of aromatic nitrogens is 4. The first-order valence-electron chi connectivity index (χ1n) is 11.6. The number of hydrogen-bond acceptors (Lipinski definition) is 10. The average molecular weight is 470 g/mol. The highest BCUT2D eigenvalue weighted by Crippen LogP contribution is 2.31. The van der Waals surface area contributed by atoms with Gasteiger partial charge in [0.1, 0.15) is 6.10 Å². The van der Waals surface area contributed by atoms with Crippen LogP contribution in [-0.4, -0.2) is 107 Å². The van der Waals surface area contributed by atoms with Crippen molar-refractivity contribution in [3.05, 3.63) is 18.5 Å². The summed E-state index contributed by atoms with van der Waals surface area (Å²) in [6.07, 6.45) is 4.78. The van der Waals surface area contributed by atoms with Crippen molar-refractivity contribution in [3.8, 4) is 17.1 Å². The molecule has 0 spiro atoms. The molecule has 2 aromatic heterocycles. The molecule has 0 unspecified atom stereocenters. The fourth-order valence-corrected chi connectivity index (χ4v) is 4.35. The number of likely N-dealkylation sites (tertiary alicyclic amines) is 1.